The number of thioether (sulfide) groups is 1. The van der Waals surface area contributed by atoms with Gasteiger partial charge < -0.3 is 5.73 Å². The van der Waals surface area contributed by atoms with Gasteiger partial charge in [-0.1, -0.05) is 11.3 Å². The van der Waals surface area contributed by atoms with Crippen LogP contribution in [0.5, 0.6) is 0 Å². The molecule has 0 fully saturated rings. The second kappa shape index (κ2) is 5.78. The fourth-order valence-electron chi connectivity index (χ4n) is 1.88. The first-order valence-corrected chi connectivity index (χ1v) is 8.66. The van der Waals surface area contributed by atoms with E-state index in [0.717, 1.165) is 20.1 Å². The van der Waals surface area contributed by atoms with Gasteiger partial charge in [0.05, 0.1) is 15.6 Å². The summed E-state index contributed by atoms with van der Waals surface area (Å²) in [5.41, 5.74) is 7.91. The van der Waals surface area contributed by atoms with Crippen LogP contribution in [0.25, 0.3) is 5.65 Å². The van der Waals surface area contributed by atoms with E-state index in [1.165, 1.54) is 15.7 Å². The van der Waals surface area contributed by atoms with Gasteiger partial charge in [-0.15, -0.1) is 11.8 Å². The van der Waals surface area contributed by atoms with Crippen LogP contribution >= 0.6 is 39.0 Å². The molecule has 0 atom stereocenters. The van der Waals surface area contributed by atoms with E-state index in [2.05, 4.69) is 25.9 Å². The Hall–Kier alpha value is -1.38. The molecule has 3 aromatic rings. The quantitative estimate of drug-likeness (QED) is 0.704. The van der Waals surface area contributed by atoms with E-state index in [1.54, 1.807) is 24.0 Å². The lowest BCUT2D eigenvalue weighted by molar-refractivity contribution is 1.01. The zero-order valence-corrected chi connectivity index (χ0v) is 14.3. The highest BCUT2D eigenvalue weighted by Gasteiger charge is 2.08. The second-order valence-corrected chi connectivity index (χ2v) is 7.57. The number of nitrogens with zero attached hydrogens (tertiary/aromatic N) is 3. The lowest BCUT2D eigenvalue weighted by Crippen LogP contribution is -2.15. The molecule has 3 heterocycles. The number of rotatable bonds is 3. The SMILES string of the molecule is Cc1nc(N)sc1SCc1cc(=O)n2cc(Br)ccc2n1. The third-order valence-corrected chi connectivity index (χ3v) is 5.65. The number of pyridine rings is 1. The highest BCUT2D eigenvalue weighted by molar-refractivity contribution is 9.10. The van der Waals surface area contributed by atoms with Crippen LogP contribution < -0.4 is 11.3 Å². The first kappa shape index (κ1) is 14.6. The van der Waals surface area contributed by atoms with E-state index in [-0.39, 0.29) is 5.56 Å². The molecule has 5 nitrogen and oxygen atoms in total. The van der Waals surface area contributed by atoms with E-state index < -0.39 is 0 Å². The lowest BCUT2D eigenvalue weighted by Gasteiger charge is -2.04. The zero-order valence-electron chi connectivity index (χ0n) is 11.0. The van der Waals surface area contributed by atoms with E-state index >= 15 is 0 Å². The van der Waals surface area contributed by atoms with Gasteiger partial charge in [-0.25, -0.2) is 9.97 Å². The van der Waals surface area contributed by atoms with Crippen molar-refractivity contribution in [2.24, 2.45) is 0 Å². The van der Waals surface area contributed by atoms with Crippen LogP contribution in [0.2, 0.25) is 0 Å². The van der Waals surface area contributed by atoms with Crippen LogP contribution in [0.4, 0.5) is 5.13 Å². The van der Waals surface area contributed by atoms with Crippen molar-refractivity contribution < 1.29 is 0 Å². The topological polar surface area (TPSA) is 73.3 Å². The average molecular weight is 383 g/mol. The molecule has 0 radical (unpaired) electrons. The van der Waals surface area contributed by atoms with E-state index in [1.807, 2.05) is 19.1 Å². The molecule has 3 rings (SSSR count). The van der Waals surface area contributed by atoms with Crippen LogP contribution in [0.1, 0.15) is 11.4 Å². The van der Waals surface area contributed by atoms with Gasteiger partial charge in [-0.2, -0.15) is 0 Å². The summed E-state index contributed by atoms with van der Waals surface area (Å²) in [5.74, 6) is 0.615. The molecule has 2 N–H and O–H groups in total. The summed E-state index contributed by atoms with van der Waals surface area (Å²) >= 11 is 6.40. The van der Waals surface area contributed by atoms with E-state index in [4.69, 9.17) is 5.73 Å². The Morgan fingerprint density at radius 3 is 2.95 bits per heavy atom. The summed E-state index contributed by atoms with van der Waals surface area (Å²) in [6.45, 7) is 1.93. The Bertz CT molecular complexity index is 874. The van der Waals surface area contributed by atoms with E-state index in [9.17, 15) is 4.79 Å². The predicted molar refractivity (Wildman–Crippen MR) is 90.0 cm³/mol. The Kier molecular flexibility index (Phi) is 4.01. The molecular formula is C13H11BrN4OS2. The summed E-state index contributed by atoms with van der Waals surface area (Å²) in [6, 6.07) is 5.24. The normalized spacial score (nSPS) is 11.1. The number of thiazole rings is 1. The standard InChI is InChI=1S/C13H11BrN4OS2/c1-7-12(21-13(15)16-7)20-6-9-4-11(19)18-5-8(14)2-3-10(18)17-9/h2-5H,6H2,1H3,(H2,15,16). The number of hydrogen-bond donors (Lipinski definition) is 1. The summed E-state index contributed by atoms with van der Waals surface area (Å²) in [6.07, 6.45) is 1.72. The fraction of sp³-hybridized carbons (Fsp3) is 0.154. The minimum Gasteiger partial charge on any atom is -0.375 e. The van der Waals surface area contributed by atoms with Crippen molar-refractivity contribution in [3.63, 3.8) is 0 Å². The van der Waals surface area contributed by atoms with E-state index in [0.29, 0.717) is 16.5 Å². The summed E-state index contributed by atoms with van der Waals surface area (Å²) in [4.78, 5) is 20.8. The minimum absolute atomic E-state index is 0.0857. The molecule has 108 valence electrons. The maximum atomic E-state index is 12.1. The van der Waals surface area contributed by atoms with Crippen LogP contribution in [-0.2, 0) is 5.75 Å². The molecule has 0 aromatic carbocycles. The first-order valence-electron chi connectivity index (χ1n) is 6.06. The number of nitrogens with two attached hydrogens (primary N) is 1. The first-order chi connectivity index (χ1) is 10.0. The zero-order chi connectivity index (χ0) is 15.0. The maximum absolute atomic E-state index is 12.1. The Labute approximate surface area is 137 Å². The van der Waals surface area contributed by atoms with Gasteiger partial charge in [0, 0.05) is 22.5 Å². The molecule has 0 aliphatic heterocycles. The van der Waals surface area contributed by atoms with Crippen LogP contribution in [-0.4, -0.2) is 14.4 Å². The predicted octanol–water partition coefficient (Wildman–Crippen LogP) is 3.10. The Morgan fingerprint density at radius 1 is 1.43 bits per heavy atom. The van der Waals surface area contributed by atoms with Crippen molar-refractivity contribution in [1.29, 1.82) is 0 Å². The Morgan fingerprint density at radius 2 is 2.24 bits per heavy atom. The average Bonchev–Trinajstić information content (AvgIpc) is 2.75. The van der Waals surface area contributed by atoms with Gasteiger partial charge in [-0.3, -0.25) is 9.20 Å². The summed E-state index contributed by atoms with van der Waals surface area (Å²) in [7, 11) is 0. The molecule has 0 unspecified atom stereocenters. The number of hydrogen-bond acceptors (Lipinski definition) is 6. The van der Waals surface area contributed by atoms with Gasteiger partial charge in [0.15, 0.2) is 5.13 Å². The fourth-order valence-corrected chi connectivity index (χ4v) is 4.13. The van der Waals surface area contributed by atoms with Crippen LogP contribution in [0, 0.1) is 6.92 Å². The monoisotopic (exact) mass is 382 g/mol. The van der Waals surface area contributed by atoms with Crippen molar-refractivity contribution in [2.75, 3.05) is 5.73 Å². The highest BCUT2D eigenvalue weighted by atomic mass is 79.9. The van der Waals surface area contributed by atoms with Gasteiger partial charge in [0.1, 0.15) is 5.65 Å². The third-order valence-electron chi connectivity index (χ3n) is 2.80. The summed E-state index contributed by atoms with van der Waals surface area (Å²) < 4.78 is 3.43. The van der Waals surface area contributed by atoms with Crippen molar-refractivity contribution >= 4 is 49.8 Å². The van der Waals surface area contributed by atoms with Crippen molar-refractivity contribution in [3.05, 3.63) is 50.6 Å². The molecule has 0 amide bonds. The van der Waals surface area contributed by atoms with Crippen molar-refractivity contribution in [1.82, 2.24) is 14.4 Å². The third kappa shape index (κ3) is 3.12. The number of anilines is 1. The van der Waals surface area contributed by atoms with Gasteiger partial charge in [0.25, 0.3) is 5.56 Å². The molecule has 0 saturated heterocycles. The van der Waals surface area contributed by atoms with Crippen molar-refractivity contribution in [2.45, 2.75) is 16.9 Å². The number of halogens is 1. The number of fused-ring (bicyclic) bond motifs is 1. The van der Waals surface area contributed by atoms with Gasteiger partial charge in [0.2, 0.25) is 0 Å². The lowest BCUT2D eigenvalue weighted by atomic mass is 10.4. The van der Waals surface area contributed by atoms with Gasteiger partial charge in [-0.05, 0) is 35.0 Å². The molecule has 21 heavy (non-hydrogen) atoms. The van der Waals surface area contributed by atoms with Crippen LogP contribution in [0.15, 0.2) is 37.9 Å². The molecule has 0 aliphatic rings. The maximum Gasteiger partial charge on any atom is 0.258 e. The molecule has 3 aromatic heterocycles. The van der Waals surface area contributed by atoms with Crippen LogP contribution in [0.3, 0.4) is 0 Å². The number of nitrogen functional groups attached to an aromatic ring is 1. The van der Waals surface area contributed by atoms with Gasteiger partial charge >= 0.3 is 0 Å². The highest BCUT2D eigenvalue weighted by Crippen LogP contribution is 2.32. The Balaban J connectivity index is 1.89. The molecule has 8 heteroatoms. The smallest absolute Gasteiger partial charge is 0.258 e. The molecular weight excluding hydrogens is 372 g/mol. The molecule has 0 bridgehead atoms. The molecule has 0 saturated carbocycles. The number of aryl methyl sites for hydroxylation is 1. The minimum atomic E-state index is -0.0857. The largest absolute Gasteiger partial charge is 0.375 e. The summed E-state index contributed by atoms with van der Waals surface area (Å²) in [5, 5.41) is 0.561. The molecule has 0 aliphatic carbocycles. The molecule has 0 spiro atoms. The van der Waals surface area contributed by atoms with Crippen molar-refractivity contribution in [3.8, 4) is 0 Å². The number of aromatic nitrogens is 3. The second-order valence-electron chi connectivity index (χ2n) is 4.37.